The van der Waals surface area contributed by atoms with Gasteiger partial charge in [0.15, 0.2) is 17.8 Å². The number of carbonyl (C=O) groups is 2. The second-order valence-electron chi connectivity index (χ2n) is 17.0. The lowest BCUT2D eigenvalue weighted by atomic mass is 9.84. The maximum atomic E-state index is 15.7. The maximum Gasteiger partial charge on any atom is 0.408 e. The normalized spacial score (nSPS) is 23.8. The fraction of sp³-hybridized carbons (Fsp3) is 0.651. The number of likely N-dealkylation sites (N-methyl/N-ethyl adjacent to an activating group) is 2. The van der Waals surface area contributed by atoms with E-state index in [2.05, 4.69) is 10.3 Å². The van der Waals surface area contributed by atoms with E-state index in [4.69, 9.17) is 19.3 Å². The van der Waals surface area contributed by atoms with E-state index in [-0.39, 0.29) is 82.1 Å². The Balaban J connectivity index is 1.18. The number of ether oxygens (including phenoxy) is 3. The Morgan fingerprint density at radius 3 is 2.29 bits per heavy atom. The number of benzene rings is 1. The molecule has 382 valence electrons. The van der Waals surface area contributed by atoms with Crippen LogP contribution in [-0.4, -0.2) is 179 Å². The molecule has 1 aromatic carbocycles. The van der Waals surface area contributed by atoms with Crippen molar-refractivity contribution >= 4 is 18.2 Å². The molecule has 2 aliphatic carbocycles. The van der Waals surface area contributed by atoms with Gasteiger partial charge in [0, 0.05) is 51.3 Å². The van der Waals surface area contributed by atoms with Gasteiger partial charge in [-0.15, -0.1) is 0 Å². The van der Waals surface area contributed by atoms with Crippen LogP contribution in [0.5, 0.6) is 5.75 Å². The Bertz CT molecular complexity index is 2030. The summed E-state index contributed by atoms with van der Waals surface area (Å²) < 4.78 is 130. The second-order valence-corrected chi connectivity index (χ2v) is 17.0. The summed E-state index contributed by atoms with van der Waals surface area (Å²) in [7, 11) is 2.88. The van der Waals surface area contributed by atoms with Crippen LogP contribution in [0.15, 0.2) is 51.9 Å². The zero-order valence-electron chi connectivity index (χ0n) is 37.3. The fourth-order valence-electron chi connectivity index (χ4n) is 8.52. The number of nitrogens with zero attached hydrogens (tertiary/aromatic N) is 4. The van der Waals surface area contributed by atoms with Crippen LogP contribution in [0.1, 0.15) is 56.9 Å². The monoisotopic (exact) mass is 986 g/mol. The largest absolute Gasteiger partial charge is 0.510 e. The van der Waals surface area contributed by atoms with Crippen molar-refractivity contribution in [1.82, 2.24) is 25.6 Å². The molecule has 0 radical (unpaired) electrons. The Morgan fingerprint density at radius 1 is 0.985 bits per heavy atom. The quantitative estimate of drug-likeness (QED) is 0.0655. The highest BCUT2D eigenvalue weighted by Gasteiger charge is 2.53. The number of carbonyl (C=O) groups excluding carboxylic acids is 2. The minimum absolute atomic E-state index is 0.00376. The molecule has 68 heavy (non-hydrogen) atoms. The van der Waals surface area contributed by atoms with E-state index in [0.717, 1.165) is 29.6 Å². The maximum absolute atomic E-state index is 15.7. The number of allylic oxidation sites excluding steroid dienone is 2. The van der Waals surface area contributed by atoms with Gasteiger partial charge in [-0.05, 0) is 37.0 Å². The van der Waals surface area contributed by atoms with E-state index in [9.17, 15) is 61.5 Å². The van der Waals surface area contributed by atoms with Crippen molar-refractivity contribution in [3.05, 3.63) is 64.1 Å². The number of hydrazine groups is 1. The smallest absolute Gasteiger partial charge is 0.408 e. The molecule has 0 saturated heterocycles. The highest BCUT2D eigenvalue weighted by atomic mass is 19.4. The van der Waals surface area contributed by atoms with Gasteiger partial charge in [0.25, 0.3) is 5.91 Å². The molecule has 2 amide bonds. The van der Waals surface area contributed by atoms with Crippen LogP contribution in [0, 0.1) is 17.6 Å². The molecule has 0 bridgehead atoms. The topological polar surface area (TPSA) is 229 Å². The van der Waals surface area contributed by atoms with Crippen molar-refractivity contribution in [2.45, 2.75) is 112 Å². The van der Waals surface area contributed by atoms with Crippen molar-refractivity contribution in [3.8, 4) is 5.75 Å². The predicted molar refractivity (Wildman–Crippen MR) is 224 cm³/mol. The Morgan fingerprint density at radius 2 is 1.65 bits per heavy atom. The summed E-state index contributed by atoms with van der Waals surface area (Å²) in [5, 5.41) is 68.6. The van der Waals surface area contributed by atoms with Crippen LogP contribution in [0.4, 0.5) is 35.1 Å². The van der Waals surface area contributed by atoms with Gasteiger partial charge in [-0.25, -0.2) is 14.4 Å². The third-order valence-corrected chi connectivity index (χ3v) is 12.5. The van der Waals surface area contributed by atoms with Crippen LogP contribution in [0.3, 0.4) is 0 Å². The molecular formula is C43H58F8N6O11. The number of alkyl halides is 6. The number of amides is 2. The van der Waals surface area contributed by atoms with Crippen molar-refractivity contribution in [3.63, 3.8) is 0 Å². The average molecular weight is 987 g/mol. The second kappa shape index (κ2) is 23.4. The number of aliphatic imine (C=N–C) groups is 1. The standard InChI is InChI=1S/C43H58F8N6O11/c1-55(21-31(61)30(60)18-26(59)22-58)34(62)9-12-66-13-14-67-15-16-68-32-8-5-24(36(44)37(32)45)20-57-40(65)35(38(63)41(56(57)2)10-3-4-11-41)39(64)54-28-7-6-25(42(46,47)48)17-27(28)29-19-33(43(49,50)51)53-23-52-29/h5-8,23,25-26,29-31,33,40,58-61,63,65H,3-4,9-22H2,1-2H3,(H,52,53)(H,54,64)/t25?,26?,29?,30-,31?,33?,40?/m0/s1. The molecule has 2 heterocycles. The van der Waals surface area contributed by atoms with Gasteiger partial charge in [0.05, 0.1) is 81.6 Å². The summed E-state index contributed by atoms with van der Waals surface area (Å²) in [5.74, 6) is -7.51. The van der Waals surface area contributed by atoms with Crippen LogP contribution in [0.2, 0.25) is 0 Å². The molecule has 8 N–H and O–H groups in total. The minimum Gasteiger partial charge on any atom is -0.510 e. The molecule has 17 nitrogen and oxygen atoms in total. The highest BCUT2D eigenvalue weighted by molar-refractivity contribution is 5.96. The van der Waals surface area contributed by atoms with E-state index >= 15 is 8.78 Å². The van der Waals surface area contributed by atoms with E-state index in [1.165, 1.54) is 30.1 Å². The number of rotatable bonds is 21. The molecule has 4 aliphatic rings. The Kier molecular flexibility index (Phi) is 18.8. The molecular weight excluding hydrogens is 928 g/mol. The Labute approximate surface area is 386 Å². The number of hydrogen-bond donors (Lipinski definition) is 8. The summed E-state index contributed by atoms with van der Waals surface area (Å²) in [4.78, 5) is 31.6. The summed E-state index contributed by atoms with van der Waals surface area (Å²) in [6.45, 7) is -1.59. The Hall–Kier alpha value is -4.47. The van der Waals surface area contributed by atoms with Gasteiger partial charge in [-0.3, -0.25) is 14.6 Å². The molecule has 6 unspecified atom stereocenters. The SMILES string of the molecule is CN(CC(O)[C@@H](O)CC(O)CO)C(=O)CCOCCOCCOc1ccc(CN2C(O)C(C(=O)NC3=C(C4CC(C(F)(F)F)NC=N4)CC(C(F)(F)F)C=C3)=C(O)C3(CCCC3)N2C)c(F)c1F. The van der Waals surface area contributed by atoms with Gasteiger partial charge < -0.3 is 60.4 Å². The first-order valence-corrected chi connectivity index (χ1v) is 21.9. The van der Waals surface area contributed by atoms with Crippen LogP contribution in [0.25, 0.3) is 0 Å². The summed E-state index contributed by atoms with van der Waals surface area (Å²) in [6.07, 6.45) is -13.5. The molecule has 1 saturated carbocycles. The first-order chi connectivity index (χ1) is 32.0. The van der Waals surface area contributed by atoms with Gasteiger partial charge in [-0.1, -0.05) is 25.0 Å². The fourth-order valence-corrected chi connectivity index (χ4v) is 8.52. The molecule has 0 aromatic heterocycles. The van der Waals surface area contributed by atoms with Crippen LogP contribution >= 0.6 is 0 Å². The summed E-state index contributed by atoms with van der Waals surface area (Å²) >= 11 is 0. The zero-order chi connectivity index (χ0) is 50.1. The van der Waals surface area contributed by atoms with Gasteiger partial charge >= 0.3 is 12.4 Å². The molecule has 1 spiro atoms. The first-order valence-electron chi connectivity index (χ1n) is 21.9. The van der Waals surface area contributed by atoms with Crippen molar-refractivity contribution in [1.29, 1.82) is 0 Å². The van der Waals surface area contributed by atoms with Crippen molar-refractivity contribution in [2.24, 2.45) is 10.9 Å². The lowest BCUT2D eigenvalue weighted by Crippen LogP contribution is -2.63. The van der Waals surface area contributed by atoms with E-state index in [1.54, 1.807) is 0 Å². The van der Waals surface area contributed by atoms with Gasteiger partial charge in [0.1, 0.15) is 24.0 Å². The highest BCUT2D eigenvalue weighted by Crippen LogP contribution is 2.46. The first kappa shape index (κ1) is 54.5. The number of aliphatic hydroxyl groups excluding tert-OH is 6. The number of aliphatic hydroxyl groups is 6. The molecule has 5 rings (SSSR count). The number of nitrogens with one attached hydrogen (secondary N) is 2. The molecule has 7 atom stereocenters. The van der Waals surface area contributed by atoms with E-state index in [1.807, 2.05) is 5.32 Å². The van der Waals surface area contributed by atoms with E-state index < -0.39 is 127 Å². The van der Waals surface area contributed by atoms with Gasteiger partial charge in [-0.2, -0.15) is 30.7 Å². The number of halogens is 8. The van der Waals surface area contributed by atoms with Crippen molar-refractivity contribution < 1.29 is 89.6 Å². The average Bonchev–Trinajstić information content (AvgIpc) is 3.79. The number of hydrogen-bond acceptors (Lipinski definition) is 15. The van der Waals surface area contributed by atoms with Crippen molar-refractivity contribution in [2.75, 3.05) is 60.3 Å². The molecule has 25 heteroatoms. The van der Waals surface area contributed by atoms with Crippen LogP contribution < -0.4 is 15.4 Å². The summed E-state index contributed by atoms with van der Waals surface area (Å²) in [6, 6.07) is -1.27. The third kappa shape index (κ3) is 13.2. The molecule has 2 aliphatic heterocycles. The predicted octanol–water partition coefficient (Wildman–Crippen LogP) is 2.63. The third-order valence-electron chi connectivity index (χ3n) is 12.5. The minimum atomic E-state index is -4.79. The molecule has 1 aromatic rings. The lowest BCUT2D eigenvalue weighted by molar-refractivity contribution is -0.185. The van der Waals surface area contributed by atoms with Crippen LogP contribution in [-0.2, 0) is 25.6 Å². The lowest BCUT2D eigenvalue weighted by Gasteiger charge is -2.51. The molecule has 1 fully saturated rings. The summed E-state index contributed by atoms with van der Waals surface area (Å²) in [5.41, 5.74) is -2.85. The van der Waals surface area contributed by atoms with Gasteiger partial charge in [0.2, 0.25) is 11.7 Å². The zero-order valence-corrected chi connectivity index (χ0v) is 37.3. The van der Waals surface area contributed by atoms with E-state index in [0.29, 0.717) is 12.8 Å².